The van der Waals surface area contributed by atoms with E-state index in [1.165, 1.54) is 0 Å². The number of rotatable bonds is 4. The lowest BCUT2D eigenvalue weighted by Crippen LogP contribution is -2.31. The summed E-state index contributed by atoms with van der Waals surface area (Å²) in [4.78, 5) is 23.4. The molecule has 1 aromatic carbocycles. The van der Waals surface area contributed by atoms with E-state index in [0.29, 0.717) is 11.5 Å². The fraction of sp³-hybridized carbons (Fsp3) is 0.316. The molecular weight excluding hydrogens is 300 g/mol. The summed E-state index contributed by atoms with van der Waals surface area (Å²) in [5.41, 5.74) is 3.72. The molecular formula is C19H22N4O. The molecule has 0 saturated carbocycles. The molecule has 0 radical (unpaired) electrons. The van der Waals surface area contributed by atoms with E-state index in [4.69, 9.17) is 0 Å². The van der Waals surface area contributed by atoms with Gasteiger partial charge in [-0.3, -0.25) is 4.79 Å². The molecule has 0 saturated heterocycles. The fourth-order valence-electron chi connectivity index (χ4n) is 2.91. The van der Waals surface area contributed by atoms with E-state index < -0.39 is 0 Å². The summed E-state index contributed by atoms with van der Waals surface area (Å²) in [5.74, 6) is 0.640. The Hall–Kier alpha value is -2.69. The third-order valence-electron chi connectivity index (χ3n) is 4.28. The molecule has 1 aromatic heterocycles. The van der Waals surface area contributed by atoms with Gasteiger partial charge in [0, 0.05) is 31.4 Å². The van der Waals surface area contributed by atoms with Crippen LogP contribution in [0, 0.1) is 0 Å². The lowest BCUT2D eigenvalue weighted by atomic mass is 9.92. The van der Waals surface area contributed by atoms with Crippen molar-refractivity contribution in [1.29, 1.82) is 0 Å². The SMILES string of the molecule is C=Cc1ccc(C(=O)N[C@@H]2CCCc3nc(N(C)C)ncc32)cc1. The van der Waals surface area contributed by atoms with Crippen molar-refractivity contribution in [2.75, 3.05) is 19.0 Å². The van der Waals surface area contributed by atoms with Crippen LogP contribution in [0.1, 0.15) is 46.1 Å². The van der Waals surface area contributed by atoms with Gasteiger partial charge < -0.3 is 10.2 Å². The van der Waals surface area contributed by atoms with E-state index in [1.807, 2.05) is 49.5 Å². The zero-order chi connectivity index (χ0) is 17.1. The van der Waals surface area contributed by atoms with Crippen molar-refractivity contribution >= 4 is 17.9 Å². The van der Waals surface area contributed by atoms with Gasteiger partial charge in [-0.15, -0.1) is 0 Å². The Labute approximate surface area is 142 Å². The van der Waals surface area contributed by atoms with Crippen LogP contribution in [-0.4, -0.2) is 30.0 Å². The van der Waals surface area contributed by atoms with Crippen molar-refractivity contribution < 1.29 is 4.79 Å². The number of fused-ring (bicyclic) bond motifs is 1. The molecule has 0 spiro atoms. The first-order valence-electron chi connectivity index (χ1n) is 8.15. The summed E-state index contributed by atoms with van der Waals surface area (Å²) in [7, 11) is 3.85. The van der Waals surface area contributed by atoms with E-state index >= 15 is 0 Å². The maximum Gasteiger partial charge on any atom is 0.251 e. The summed E-state index contributed by atoms with van der Waals surface area (Å²) in [6.45, 7) is 3.73. The molecule has 0 fully saturated rings. The monoisotopic (exact) mass is 322 g/mol. The molecule has 5 nitrogen and oxygen atoms in total. The van der Waals surface area contributed by atoms with Crippen molar-refractivity contribution in [3.63, 3.8) is 0 Å². The highest BCUT2D eigenvalue weighted by atomic mass is 16.1. The topological polar surface area (TPSA) is 58.1 Å². The number of aromatic nitrogens is 2. The molecule has 3 rings (SSSR count). The summed E-state index contributed by atoms with van der Waals surface area (Å²) < 4.78 is 0. The average molecular weight is 322 g/mol. The number of aryl methyl sites for hydroxylation is 1. The number of hydrogen-bond acceptors (Lipinski definition) is 4. The second kappa shape index (κ2) is 6.83. The van der Waals surface area contributed by atoms with E-state index in [-0.39, 0.29) is 11.9 Å². The lowest BCUT2D eigenvalue weighted by Gasteiger charge is -2.26. The van der Waals surface area contributed by atoms with E-state index in [9.17, 15) is 4.79 Å². The van der Waals surface area contributed by atoms with Gasteiger partial charge in [0.1, 0.15) is 0 Å². The van der Waals surface area contributed by atoms with E-state index in [1.54, 1.807) is 6.08 Å². The Kier molecular flexibility index (Phi) is 4.60. The number of carbonyl (C=O) groups is 1. The number of carbonyl (C=O) groups excluding carboxylic acids is 1. The van der Waals surface area contributed by atoms with Gasteiger partial charge in [-0.05, 0) is 37.0 Å². The molecule has 124 valence electrons. The molecule has 5 heteroatoms. The number of nitrogens with one attached hydrogen (secondary N) is 1. The highest BCUT2D eigenvalue weighted by Gasteiger charge is 2.24. The van der Waals surface area contributed by atoms with Crippen molar-refractivity contribution in [2.45, 2.75) is 25.3 Å². The molecule has 1 amide bonds. The van der Waals surface area contributed by atoms with Crippen LogP contribution in [0.15, 0.2) is 37.0 Å². The van der Waals surface area contributed by atoms with Crippen LogP contribution in [-0.2, 0) is 6.42 Å². The third kappa shape index (κ3) is 3.30. The van der Waals surface area contributed by atoms with Gasteiger partial charge in [-0.1, -0.05) is 24.8 Å². The van der Waals surface area contributed by atoms with Crippen LogP contribution in [0.25, 0.3) is 6.08 Å². The normalized spacial score (nSPS) is 16.2. The molecule has 1 heterocycles. The minimum absolute atomic E-state index is 0.0310. The van der Waals surface area contributed by atoms with Crippen molar-refractivity contribution in [3.05, 3.63) is 59.4 Å². The van der Waals surface area contributed by atoms with Crippen molar-refractivity contribution in [2.24, 2.45) is 0 Å². The highest BCUT2D eigenvalue weighted by Crippen LogP contribution is 2.29. The molecule has 1 aliphatic rings. The molecule has 0 bridgehead atoms. The second-order valence-electron chi connectivity index (χ2n) is 6.21. The molecule has 1 atom stereocenters. The number of anilines is 1. The molecule has 0 unspecified atom stereocenters. The van der Waals surface area contributed by atoms with E-state index in [0.717, 1.165) is 36.1 Å². The minimum Gasteiger partial charge on any atom is -0.347 e. The van der Waals surface area contributed by atoms with E-state index in [2.05, 4.69) is 21.9 Å². The minimum atomic E-state index is -0.0693. The summed E-state index contributed by atoms with van der Waals surface area (Å²) in [5, 5.41) is 3.12. The van der Waals surface area contributed by atoms with Crippen LogP contribution in [0.3, 0.4) is 0 Å². The Morgan fingerprint density at radius 3 is 2.75 bits per heavy atom. The van der Waals surface area contributed by atoms with Gasteiger partial charge >= 0.3 is 0 Å². The predicted octanol–water partition coefficient (Wildman–Crippen LogP) is 2.99. The quantitative estimate of drug-likeness (QED) is 0.940. The number of amides is 1. The third-order valence-corrected chi connectivity index (χ3v) is 4.28. The second-order valence-corrected chi connectivity index (χ2v) is 6.21. The van der Waals surface area contributed by atoms with Crippen molar-refractivity contribution in [3.8, 4) is 0 Å². The Morgan fingerprint density at radius 2 is 2.08 bits per heavy atom. The molecule has 24 heavy (non-hydrogen) atoms. The number of nitrogens with zero attached hydrogens (tertiary/aromatic N) is 3. The van der Waals surface area contributed by atoms with Crippen molar-refractivity contribution in [1.82, 2.24) is 15.3 Å². The molecule has 1 aliphatic carbocycles. The smallest absolute Gasteiger partial charge is 0.251 e. The van der Waals surface area contributed by atoms with Gasteiger partial charge in [0.15, 0.2) is 0 Å². The maximum atomic E-state index is 12.5. The van der Waals surface area contributed by atoms with Gasteiger partial charge in [-0.25, -0.2) is 9.97 Å². The van der Waals surface area contributed by atoms with Gasteiger partial charge in [0.05, 0.1) is 11.7 Å². The van der Waals surface area contributed by atoms with Gasteiger partial charge in [0.25, 0.3) is 5.91 Å². The average Bonchev–Trinajstić information content (AvgIpc) is 2.61. The first kappa shape index (κ1) is 16.2. The number of hydrogen-bond donors (Lipinski definition) is 1. The zero-order valence-corrected chi connectivity index (χ0v) is 14.1. The maximum absolute atomic E-state index is 12.5. The lowest BCUT2D eigenvalue weighted by molar-refractivity contribution is 0.0932. The van der Waals surface area contributed by atoms with Crippen LogP contribution >= 0.6 is 0 Å². The molecule has 2 aromatic rings. The molecule has 0 aliphatic heterocycles. The highest BCUT2D eigenvalue weighted by molar-refractivity contribution is 5.94. The largest absolute Gasteiger partial charge is 0.347 e. The van der Waals surface area contributed by atoms with Gasteiger partial charge in [-0.2, -0.15) is 0 Å². The Morgan fingerprint density at radius 1 is 1.33 bits per heavy atom. The predicted molar refractivity (Wildman–Crippen MR) is 96.0 cm³/mol. The zero-order valence-electron chi connectivity index (χ0n) is 14.1. The Bertz CT molecular complexity index is 752. The fourth-order valence-corrected chi connectivity index (χ4v) is 2.91. The first-order valence-corrected chi connectivity index (χ1v) is 8.15. The summed E-state index contributed by atoms with van der Waals surface area (Å²) in [6.07, 6.45) is 6.46. The summed E-state index contributed by atoms with van der Waals surface area (Å²) in [6, 6.07) is 7.40. The van der Waals surface area contributed by atoms with Crippen LogP contribution < -0.4 is 10.2 Å². The first-order chi connectivity index (χ1) is 11.6. The standard InChI is InChI=1S/C19H22N4O/c1-4-13-8-10-14(11-9-13)18(24)21-16-6-5-7-17-15(16)12-20-19(22-17)23(2)3/h4,8-12,16H,1,5-7H2,2-3H3,(H,21,24)/t16-/m1/s1. The molecule has 1 N–H and O–H groups in total. The number of benzene rings is 1. The van der Waals surface area contributed by atoms with Gasteiger partial charge in [0.2, 0.25) is 5.95 Å². The summed E-state index contributed by atoms with van der Waals surface area (Å²) >= 11 is 0. The Balaban J connectivity index is 1.79. The van der Waals surface area contributed by atoms with Crippen LogP contribution in [0.5, 0.6) is 0 Å². The van der Waals surface area contributed by atoms with Crippen LogP contribution in [0.2, 0.25) is 0 Å². The van der Waals surface area contributed by atoms with Crippen LogP contribution in [0.4, 0.5) is 5.95 Å².